The van der Waals surface area contributed by atoms with Crippen LogP contribution in [0.2, 0.25) is 0 Å². The van der Waals surface area contributed by atoms with Crippen molar-refractivity contribution in [3.05, 3.63) is 52.0 Å². The van der Waals surface area contributed by atoms with Gasteiger partial charge in [0, 0.05) is 43.7 Å². The Morgan fingerprint density at radius 1 is 1.17 bits per heavy atom. The van der Waals surface area contributed by atoms with Gasteiger partial charge in [0.25, 0.3) is 11.6 Å². The minimum atomic E-state index is -0.467. The SMILES string of the molecule is Cc1nc2c(cnn2C(C)C)cc1C(=O)N1CCN(c2ccc([N+](=O)[O-])cn2)CC1. The van der Waals surface area contributed by atoms with Gasteiger partial charge >= 0.3 is 0 Å². The second kappa shape index (κ2) is 7.69. The smallest absolute Gasteiger partial charge is 0.287 e. The van der Waals surface area contributed by atoms with Crippen molar-refractivity contribution in [1.82, 2.24) is 24.6 Å². The molecule has 0 aromatic carbocycles. The molecule has 0 radical (unpaired) electrons. The van der Waals surface area contributed by atoms with Crippen molar-refractivity contribution in [2.75, 3.05) is 31.1 Å². The normalized spacial score (nSPS) is 14.5. The zero-order valence-electron chi connectivity index (χ0n) is 17.1. The summed E-state index contributed by atoms with van der Waals surface area (Å²) in [6.07, 6.45) is 3.01. The minimum Gasteiger partial charge on any atom is -0.353 e. The van der Waals surface area contributed by atoms with E-state index in [1.54, 1.807) is 12.3 Å². The molecule has 0 aliphatic carbocycles. The monoisotopic (exact) mass is 409 g/mol. The number of carbonyl (C=O) groups excluding carboxylic acids is 1. The van der Waals surface area contributed by atoms with E-state index >= 15 is 0 Å². The Bertz CT molecular complexity index is 1100. The zero-order valence-corrected chi connectivity index (χ0v) is 17.1. The maximum atomic E-state index is 13.1. The molecule has 0 atom stereocenters. The van der Waals surface area contributed by atoms with Gasteiger partial charge < -0.3 is 9.80 Å². The van der Waals surface area contributed by atoms with E-state index in [0.717, 1.165) is 11.0 Å². The number of pyridine rings is 2. The van der Waals surface area contributed by atoms with Gasteiger partial charge in [0.15, 0.2) is 5.65 Å². The van der Waals surface area contributed by atoms with Crippen LogP contribution in [-0.4, -0.2) is 61.7 Å². The van der Waals surface area contributed by atoms with Crippen LogP contribution in [0, 0.1) is 17.0 Å². The molecular weight excluding hydrogens is 386 g/mol. The molecule has 3 aromatic rings. The molecule has 0 N–H and O–H groups in total. The summed E-state index contributed by atoms with van der Waals surface area (Å²) in [7, 11) is 0. The molecule has 10 heteroatoms. The van der Waals surface area contributed by atoms with Gasteiger partial charge in [-0.1, -0.05) is 0 Å². The molecule has 1 amide bonds. The number of nitrogens with zero attached hydrogens (tertiary/aromatic N) is 7. The fourth-order valence-electron chi connectivity index (χ4n) is 3.64. The predicted molar refractivity (Wildman–Crippen MR) is 112 cm³/mol. The number of aryl methyl sites for hydroxylation is 1. The first kappa shape index (κ1) is 19.7. The third-order valence-electron chi connectivity index (χ3n) is 5.31. The van der Waals surface area contributed by atoms with Crippen molar-refractivity contribution in [3.63, 3.8) is 0 Å². The number of piperazine rings is 1. The van der Waals surface area contributed by atoms with Crippen LogP contribution in [0.1, 0.15) is 35.9 Å². The highest BCUT2D eigenvalue weighted by atomic mass is 16.6. The number of carbonyl (C=O) groups is 1. The van der Waals surface area contributed by atoms with Crippen molar-refractivity contribution < 1.29 is 9.72 Å². The number of hydrogen-bond donors (Lipinski definition) is 0. The third kappa shape index (κ3) is 3.56. The van der Waals surface area contributed by atoms with Crippen LogP contribution in [0.3, 0.4) is 0 Å². The largest absolute Gasteiger partial charge is 0.353 e. The lowest BCUT2D eigenvalue weighted by Gasteiger charge is -2.35. The van der Waals surface area contributed by atoms with Gasteiger partial charge in [-0.05, 0) is 32.9 Å². The van der Waals surface area contributed by atoms with Crippen LogP contribution in [0.4, 0.5) is 11.5 Å². The molecule has 0 saturated carbocycles. The fourth-order valence-corrected chi connectivity index (χ4v) is 3.64. The Balaban J connectivity index is 1.48. The van der Waals surface area contributed by atoms with Crippen LogP contribution in [0.15, 0.2) is 30.6 Å². The Hall–Kier alpha value is -3.56. The standard InChI is InChI=1S/C20H23N7O3/c1-13(2)26-19-15(11-22-26)10-17(14(3)23-19)20(28)25-8-6-24(7-9-25)18-5-4-16(12-21-18)27(29)30/h4-5,10-13H,6-9H2,1-3H3. The summed E-state index contributed by atoms with van der Waals surface area (Å²) in [5, 5.41) is 16.0. The van der Waals surface area contributed by atoms with Crippen LogP contribution in [0.25, 0.3) is 11.0 Å². The highest BCUT2D eigenvalue weighted by Gasteiger charge is 2.25. The maximum absolute atomic E-state index is 13.1. The lowest BCUT2D eigenvalue weighted by molar-refractivity contribution is -0.385. The maximum Gasteiger partial charge on any atom is 0.287 e. The molecule has 1 fully saturated rings. The number of anilines is 1. The average molecular weight is 409 g/mol. The summed E-state index contributed by atoms with van der Waals surface area (Å²) in [6, 6.07) is 5.15. The van der Waals surface area contributed by atoms with Crippen LogP contribution in [0.5, 0.6) is 0 Å². The van der Waals surface area contributed by atoms with Gasteiger partial charge in [0.2, 0.25) is 0 Å². The van der Waals surface area contributed by atoms with Crippen molar-refractivity contribution in [2.24, 2.45) is 0 Å². The van der Waals surface area contributed by atoms with Gasteiger partial charge in [-0.15, -0.1) is 0 Å². The molecular formula is C20H23N7O3. The summed E-state index contributed by atoms with van der Waals surface area (Å²) >= 11 is 0. The molecule has 4 rings (SSSR count). The van der Waals surface area contributed by atoms with Crippen molar-refractivity contribution in [2.45, 2.75) is 26.8 Å². The van der Waals surface area contributed by atoms with E-state index in [2.05, 4.69) is 15.1 Å². The molecule has 4 heterocycles. The Morgan fingerprint density at radius 2 is 1.90 bits per heavy atom. The van der Waals surface area contributed by atoms with Gasteiger partial charge in [-0.2, -0.15) is 5.10 Å². The van der Waals surface area contributed by atoms with Crippen molar-refractivity contribution in [3.8, 4) is 0 Å². The second-order valence-electron chi connectivity index (χ2n) is 7.63. The van der Waals surface area contributed by atoms with E-state index in [1.165, 1.54) is 12.3 Å². The summed E-state index contributed by atoms with van der Waals surface area (Å²) in [6.45, 7) is 8.23. The van der Waals surface area contributed by atoms with Crippen molar-refractivity contribution >= 4 is 28.4 Å². The summed E-state index contributed by atoms with van der Waals surface area (Å²) in [4.78, 5) is 36.1. The number of hydrogen-bond acceptors (Lipinski definition) is 7. The summed E-state index contributed by atoms with van der Waals surface area (Å²) < 4.78 is 1.85. The van der Waals surface area contributed by atoms with E-state index in [1.807, 2.05) is 41.3 Å². The summed E-state index contributed by atoms with van der Waals surface area (Å²) in [5.74, 6) is 0.628. The molecule has 30 heavy (non-hydrogen) atoms. The number of amides is 1. The number of fused-ring (bicyclic) bond motifs is 1. The molecule has 0 bridgehead atoms. The fraction of sp³-hybridized carbons (Fsp3) is 0.400. The highest BCUT2D eigenvalue weighted by molar-refractivity contribution is 5.98. The number of nitro groups is 1. The van der Waals surface area contributed by atoms with Gasteiger partial charge in [-0.25, -0.2) is 14.6 Å². The number of rotatable bonds is 4. The molecule has 10 nitrogen and oxygen atoms in total. The first-order valence-corrected chi connectivity index (χ1v) is 9.84. The Labute approximate surface area is 173 Å². The van der Waals surface area contributed by atoms with Gasteiger partial charge in [0.05, 0.1) is 22.4 Å². The van der Waals surface area contributed by atoms with Crippen LogP contribution >= 0.6 is 0 Å². The molecule has 0 spiro atoms. The van der Waals surface area contributed by atoms with Crippen LogP contribution in [-0.2, 0) is 0 Å². The minimum absolute atomic E-state index is 0.0354. The Kier molecular flexibility index (Phi) is 5.06. The van der Waals surface area contributed by atoms with E-state index in [4.69, 9.17) is 0 Å². The van der Waals surface area contributed by atoms with E-state index in [0.29, 0.717) is 43.3 Å². The third-order valence-corrected chi connectivity index (χ3v) is 5.31. The van der Waals surface area contributed by atoms with E-state index in [-0.39, 0.29) is 17.6 Å². The highest BCUT2D eigenvalue weighted by Crippen LogP contribution is 2.22. The number of aromatic nitrogens is 4. The summed E-state index contributed by atoms with van der Waals surface area (Å²) in [5.41, 5.74) is 2.03. The van der Waals surface area contributed by atoms with E-state index < -0.39 is 4.92 Å². The molecule has 156 valence electrons. The zero-order chi connectivity index (χ0) is 21.4. The van der Waals surface area contributed by atoms with Crippen LogP contribution < -0.4 is 4.90 Å². The molecule has 1 saturated heterocycles. The topological polar surface area (TPSA) is 110 Å². The van der Waals surface area contributed by atoms with Crippen molar-refractivity contribution in [1.29, 1.82) is 0 Å². The molecule has 1 aliphatic heterocycles. The lowest BCUT2D eigenvalue weighted by Crippen LogP contribution is -2.49. The predicted octanol–water partition coefficient (Wildman–Crippen LogP) is 2.59. The Morgan fingerprint density at radius 3 is 2.50 bits per heavy atom. The average Bonchev–Trinajstić information content (AvgIpc) is 3.16. The quantitative estimate of drug-likeness (QED) is 0.481. The molecule has 3 aromatic heterocycles. The molecule has 1 aliphatic rings. The second-order valence-corrected chi connectivity index (χ2v) is 7.63. The van der Waals surface area contributed by atoms with Gasteiger partial charge in [-0.3, -0.25) is 14.9 Å². The lowest BCUT2D eigenvalue weighted by atomic mass is 10.1. The van der Waals surface area contributed by atoms with E-state index in [9.17, 15) is 14.9 Å². The molecule has 0 unspecified atom stereocenters. The first-order valence-electron chi connectivity index (χ1n) is 9.84. The van der Waals surface area contributed by atoms with Gasteiger partial charge in [0.1, 0.15) is 12.0 Å². The first-order chi connectivity index (χ1) is 14.3.